The van der Waals surface area contributed by atoms with Crippen LogP contribution >= 0.6 is 0 Å². The summed E-state index contributed by atoms with van der Waals surface area (Å²) in [5.41, 5.74) is 0. The summed E-state index contributed by atoms with van der Waals surface area (Å²) in [5.74, 6) is 0. The zero-order valence-corrected chi connectivity index (χ0v) is 7.92. The summed E-state index contributed by atoms with van der Waals surface area (Å²) < 4.78 is 5.48. The molecule has 2 unspecified atom stereocenters. The fourth-order valence-electron chi connectivity index (χ4n) is 2.23. The van der Waals surface area contributed by atoms with Gasteiger partial charge in [0.1, 0.15) is 0 Å². The molecular weight excluding hydrogens is 152 g/mol. The average Bonchev–Trinajstić information content (AvgIpc) is 2.03. The molecule has 2 rings (SSSR count). The highest BCUT2D eigenvalue weighted by Crippen LogP contribution is 2.20. The molecular formula is C9H18N2O. The summed E-state index contributed by atoms with van der Waals surface area (Å²) in [6.45, 7) is 1.81. The van der Waals surface area contributed by atoms with Crippen molar-refractivity contribution >= 4 is 0 Å². The first-order valence-electron chi connectivity index (χ1n) is 4.76. The van der Waals surface area contributed by atoms with Gasteiger partial charge in [-0.1, -0.05) is 0 Å². The lowest BCUT2D eigenvalue weighted by Crippen LogP contribution is -2.57. The van der Waals surface area contributed by atoms with E-state index < -0.39 is 0 Å². The Bertz CT molecular complexity index is 149. The van der Waals surface area contributed by atoms with Crippen LogP contribution in [0.25, 0.3) is 0 Å². The molecule has 2 bridgehead atoms. The highest BCUT2D eigenvalue weighted by Gasteiger charge is 2.32. The highest BCUT2D eigenvalue weighted by molar-refractivity contribution is 4.91. The lowest BCUT2D eigenvalue weighted by molar-refractivity contribution is 0.00154. The van der Waals surface area contributed by atoms with E-state index in [-0.39, 0.29) is 0 Å². The highest BCUT2D eigenvalue weighted by atomic mass is 16.5. The number of fused-ring (bicyclic) bond motifs is 2. The van der Waals surface area contributed by atoms with Gasteiger partial charge in [-0.3, -0.25) is 0 Å². The summed E-state index contributed by atoms with van der Waals surface area (Å²) in [6.07, 6.45) is 2.48. The van der Waals surface area contributed by atoms with E-state index in [0.29, 0.717) is 12.1 Å². The van der Waals surface area contributed by atoms with Crippen LogP contribution in [0.2, 0.25) is 0 Å². The van der Waals surface area contributed by atoms with Gasteiger partial charge in [0.2, 0.25) is 0 Å². The van der Waals surface area contributed by atoms with Gasteiger partial charge in [0, 0.05) is 18.1 Å². The molecule has 2 heterocycles. The minimum absolute atomic E-state index is 0.602. The van der Waals surface area contributed by atoms with E-state index in [1.165, 1.54) is 12.8 Å². The van der Waals surface area contributed by atoms with Gasteiger partial charge in [-0.2, -0.15) is 0 Å². The molecule has 12 heavy (non-hydrogen) atoms. The molecule has 0 saturated carbocycles. The van der Waals surface area contributed by atoms with Crippen LogP contribution in [0.1, 0.15) is 12.8 Å². The third-order valence-electron chi connectivity index (χ3n) is 2.95. The summed E-state index contributed by atoms with van der Waals surface area (Å²) in [7, 11) is 4.35. The molecule has 3 heteroatoms. The Hall–Kier alpha value is -0.120. The number of rotatable bonds is 1. The van der Waals surface area contributed by atoms with Crippen LogP contribution in [0.3, 0.4) is 0 Å². The molecule has 0 aromatic carbocycles. The van der Waals surface area contributed by atoms with E-state index in [2.05, 4.69) is 24.3 Å². The Morgan fingerprint density at radius 1 is 1.17 bits per heavy atom. The quantitative estimate of drug-likeness (QED) is 0.602. The zero-order chi connectivity index (χ0) is 8.55. The minimum Gasteiger partial charge on any atom is -0.378 e. The van der Waals surface area contributed by atoms with Gasteiger partial charge in [-0.25, -0.2) is 0 Å². The number of nitrogens with zero attached hydrogens (tertiary/aromatic N) is 1. The monoisotopic (exact) mass is 170 g/mol. The van der Waals surface area contributed by atoms with Gasteiger partial charge in [0.05, 0.1) is 13.2 Å². The van der Waals surface area contributed by atoms with Gasteiger partial charge in [0.15, 0.2) is 0 Å². The van der Waals surface area contributed by atoms with Crippen LogP contribution in [0.15, 0.2) is 0 Å². The lowest BCUT2D eigenvalue weighted by Gasteiger charge is -2.42. The Morgan fingerprint density at radius 3 is 2.25 bits per heavy atom. The van der Waals surface area contributed by atoms with Crippen molar-refractivity contribution in [2.75, 3.05) is 27.3 Å². The molecule has 3 nitrogen and oxygen atoms in total. The van der Waals surface area contributed by atoms with E-state index in [1.54, 1.807) is 0 Å². The molecule has 0 aliphatic carbocycles. The standard InChI is InChI=1S/C9H18N2O/c1-11(2)9-3-7-5-12-6-8(4-9)10-7/h7-10H,3-6H2,1-2H3. The Kier molecular flexibility index (Phi) is 2.35. The maximum Gasteiger partial charge on any atom is 0.0621 e. The SMILES string of the molecule is CN(C)C1CC2COCC(C1)N2. The summed E-state index contributed by atoms with van der Waals surface area (Å²) in [4.78, 5) is 2.34. The Labute approximate surface area is 74.1 Å². The lowest BCUT2D eigenvalue weighted by atomic mass is 9.92. The normalized spacial score (nSPS) is 41.8. The number of nitrogens with one attached hydrogen (secondary N) is 1. The second-order valence-electron chi connectivity index (χ2n) is 4.19. The van der Waals surface area contributed by atoms with Crippen molar-refractivity contribution in [3.05, 3.63) is 0 Å². The predicted octanol–water partition coefficient (Wildman–Crippen LogP) is 0.0674. The molecule has 2 aliphatic rings. The van der Waals surface area contributed by atoms with Crippen LogP contribution in [0.4, 0.5) is 0 Å². The number of piperidine rings is 1. The van der Waals surface area contributed by atoms with Gasteiger partial charge in [-0.05, 0) is 26.9 Å². The smallest absolute Gasteiger partial charge is 0.0621 e. The molecule has 0 radical (unpaired) electrons. The van der Waals surface area contributed by atoms with Crippen molar-refractivity contribution in [3.63, 3.8) is 0 Å². The van der Waals surface area contributed by atoms with Gasteiger partial charge >= 0.3 is 0 Å². The van der Waals surface area contributed by atoms with Crippen molar-refractivity contribution in [2.45, 2.75) is 31.0 Å². The summed E-state index contributed by atoms with van der Waals surface area (Å²) in [5, 5.41) is 3.59. The van der Waals surface area contributed by atoms with Crippen molar-refractivity contribution in [1.29, 1.82) is 0 Å². The molecule has 2 aliphatic heterocycles. The Morgan fingerprint density at radius 2 is 1.75 bits per heavy atom. The fraction of sp³-hybridized carbons (Fsp3) is 1.00. The maximum absolute atomic E-state index is 5.48. The van der Waals surface area contributed by atoms with Crippen LogP contribution in [-0.2, 0) is 4.74 Å². The van der Waals surface area contributed by atoms with E-state index in [1.807, 2.05) is 0 Å². The predicted molar refractivity (Wildman–Crippen MR) is 48.2 cm³/mol. The first-order valence-corrected chi connectivity index (χ1v) is 4.76. The second-order valence-corrected chi connectivity index (χ2v) is 4.19. The van der Waals surface area contributed by atoms with Crippen molar-refractivity contribution < 1.29 is 4.74 Å². The van der Waals surface area contributed by atoms with E-state index >= 15 is 0 Å². The van der Waals surface area contributed by atoms with Crippen LogP contribution < -0.4 is 5.32 Å². The molecule has 0 aromatic rings. The molecule has 0 amide bonds. The second kappa shape index (κ2) is 3.32. The first-order chi connectivity index (χ1) is 5.75. The number of hydrogen-bond donors (Lipinski definition) is 1. The van der Waals surface area contributed by atoms with Crippen molar-refractivity contribution in [1.82, 2.24) is 10.2 Å². The van der Waals surface area contributed by atoms with Crippen molar-refractivity contribution in [2.24, 2.45) is 0 Å². The zero-order valence-electron chi connectivity index (χ0n) is 7.92. The van der Waals surface area contributed by atoms with Gasteiger partial charge in [-0.15, -0.1) is 0 Å². The van der Waals surface area contributed by atoms with Crippen LogP contribution in [-0.4, -0.2) is 50.3 Å². The van der Waals surface area contributed by atoms with E-state index in [0.717, 1.165) is 19.3 Å². The van der Waals surface area contributed by atoms with Crippen LogP contribution in [0, 0.1) is 0 Å². The summed E-state index contributed by atoms with van der Waals surface area (Å²) >= 11 is 0. The largest absolute Gasteiger partial charge is 0.378 e. The summed E-state index contributed by atoms with van der Waals surface area (Å²) in [6, 6.07) is 1.96. The molecule has 1 N–H and O–H groups in total. The molecule has 2 atom stereocenters. The third-order valence-corrected chi connectivity index (χ3v) is 2.95. The third kappa shape index (κ3) is 1.63. The Balaban J connectivity index is 1.96. The molecule has 2 saturated heterocycles. The number of ether oxygens (including phenoxy) is 1. The van der Waals surface area contributed by atoms with Crippen LogP contribution in [0.5, 0.6) is 0 Å². The van der Waals surface area contributed by atoms with Gasteiger partial charge < -0.3 is 15.0 Å². The fourth-order valence-corrected chi connectivity index (χ4v) is 2.23. The molecule has 70 valence electrons. The molecule has 0 spiro atoms. The first kappa shape index (κ1) is 8.48. The van der Waals surface area contributed by atoms with Crippen molar-refractivity contribution in [3.8, 4) is 0 Å². The average molecular weight is 170 g/mol. The number of morpholine rings is 1. The molecule has 2 fully saturated rings. The van der Waals surface area contributed by atoms with E-state index in [4.69, 9.17) is 4.74 Å². The van der Waals surface area contributed by atoms with Gasteiger partial charge in [0.25, 0.3) is 0 Å². The number of hydrogen-bond acceptors (Lipinski definition) is 3. The minimum atomic E-state index is 0.602. The maximum atomic E-state index is 5.48. The molecule has 0 aromatic heterocycles. The van der Waals surface area contributed by atoms with E-state index in [9.17, 15) is 0 Å². The topological polar surface area (TPSA) is 24.5 Å².